The summed E-state index contributed by atoms with van der Waals surface area (Å²) in [5.74, 6) is 1.15. The smallest absolute Gasteiger partial charge is 0.251 e. The van der Waals surface area contributed by atoms with Crippen molar-refractivity contribution in [1.82, 2.24) is 5.32 Å². The molecule has 1 N–H and O–H groups in total. The summed E-state index contributed by atoms with van der Waals surface area (Å²) in [5.41, 5.74) is 0.569. The van der Waals surface area contributed by atoms with Crippen LogP contribution in [0.5, 0.6) is 11.5 Å². The molecule has 5 heteroatoms. The minimum absolute atomic E-state index is 0.116. The molecule has 1 saturated heterocycles. The van der Waals surface area contributed by atoms with Crippen LogP contribution in [0.1, 0.15) is 37.0 Å². The Labute approximate surface area is 125 Å². The molecule has 21 heavy (non-hydrogen) atoms. The zero-order valence-corrected chi connectivity index (χ0v) is 12.7. The molecular weight excluding hydrogens is 270 g/mol. The third-order valence-corrected chi connectivity index (χ3v) is 3.32. The van der Waals surface area contributed by atoms with Crippen molar-refractivity contribution in [3.8, 4) is 11.5 Å². The molecule has 0 aliphatic carbocycles. The van der Waals surface area contributed by atoms with E-state index in [-0.39, 0.29) is 12.0 Å². The number of hydrogen-bond acceptors (Lipinski definition) is 4. The minimum Gasteiger partial charge on any atom is -0.490 e. The van der Waals surface area contributed by atoms with Gasteiger partial charge in [-0.05, 0) is 44.9 Å². The van der Waals surface area contributed by atoms with Crippen molar-refractivity contribution in [3.05, 3.63) is 23.8 Å². The van der Waals surface area contributed by atoms with Crippen molar-refractivity contribution in [1.29, 1.82) is 0 Å². The zero-order chi connectivity index (χ0) is 15.1. The molecule has 1 aromatic rings. The monoisotopic (exact) mass is 293 g/mol. The molecule has 1 aliphatic heterocycles. The van der Waals surface area contributed by atoms with E-state index in [9.17, 15) is 4.79 Å². The van der Waals surface area contributed by atoms with E-state index in [2.05, 4.69) is 5.32 Å². The van der Waals surface area contributed by atoms with Gasteiger partial charge in [-0.1, -0.05) is 0 Å². The van der Waals surface area contributed by atoms with Crippen molar-refractivity contribution >= 4 is 5.91 Å². The highest BCUT2D eigenvalue weighted by atomic mass is 16.5. The van der Waals surface area contributed by atoms with Crippen LogP contribution in [0, 0.1) is 0 Å². The summed E-state index contributed by atoms with van der Waals surface area (Å²) in [6, 6.07) is 5.24. The van der Waals surface area contributed by atoms with Gasteiger partial charge in [-0.2, -0.15) is 0 Å². The maximum absolute atomic E-state index is 12.2. The van der Waals surface area contributed by atoms with E-state index < -0.39 is 0 Å². The van der Waals surface area contributed by atoms with E-state index in [1.165, 1.54) is 0 Å². The van der Waals surface area contributed by atoms with Crippen LogP contribution >= 0.6 is 0 Å². The molecule has 5 nitrogen and oxygen atoms in total. The van der Waals surface area contributed by atoms with E-state index >= 15 is 0 Å². The number of nitrogens with one attached hydrogen (secondary N) is 1. The third-order valence-electron chi connectivity index (χ3n) is 3.32. The second-order valence-electron chi connectivity index (χ2n) is 4.87. The van der Waals surface area contributed by atoms with Gasteiger partial charge in [0.2, 0.25) is 0 Å². The van der Waals surface area contributed by atoms with E-state index in [1.54, 1.807) is 18.2 Å². The zero-order valence-electron chi connectivity index (χ0n) is 12.7. The van der Waals surface area contributed by atoms with Crippen LogP contribution in [0.25, 0.3) is 0 Å². The number of ether oxygens (including phenoxy) is 3. The van der Waals surface area contributed by atoms with Gasteiger partial charge in [0.1, 0.15) is 0 Å². The molecule has 0 bridgehead atoms. The van der Waals surface area contributed by atoms with Gasteiger partial charge >= 0.3 is 0 Å². The van der Waals surface area contributed by atoms with Crippen molar-refractivity contribution < 1.29 is 19.0 Å². The number of hydrogen-bond donors (Lipinski definition) is 1. The van der Waals surface area contributed by atoms with E-state index in [4.69, 9.17) is 14.2 Å². The highest BCUT2D eigenvalue weighted by molar-refractivity contribution is 5.94. The van der Waals surface area contributed by atoms with Gasteiger partial charge in [-0.25, -0.2) is 0 Å². The summed E-state index contributed by atoms with van der Waals surface area (Å²) in [5, 5.41) is 2.90. The molecule has 0 spiro atoms. The fourth-order valence-electron chi connectivity index (χ4n) is 2.31. The summed E-state index contributed by atoms with van der Waals surface area (Å²) in [4.78, 5) is 12.2. The van der Waals surface area contributed by atoms with Crippen LogP contribution in [0.15, 0.2) is 18.2 Å². The Hall–Kier alpha value is -1.75. The average Bonchev–Trinajstić information content (AvgIpc) is 3.00. The largest absolute Gasteiger partial charge is 0.490 e. The Morgan fingerprint density at radius 3 is 2.71 bits per heavy atom. The number of rotatable bonds is 7. The number of benzene rings is 1. The molecule has 0 saturated carbocycles. The summed E-state index contributed by atoms with van der Waals surface area (Å²) in [6.45, 7) is 6.25. The summed E-state index contributed by atoms with van der Waals surface area (Å²) in [7, 11) is 0. The van der Waals surface area contributed by atoms with E-state index in [1.807, 2.05) is 13.8 Å². The summed E-state index contributed by atoms with van der Waals surface area (Å²) in [6.07, 6.45) is 2.22. The van der Waals surface area contributed by atoms with Crippen LogP contribution in [-0.2, 0) is 4.74 Å². The number of amides is 1. The fraction of sp³-hybridized carbons (Fsp3) is 0.562. The first-order valence-electron chi connectivity index (χ1n) is 7.54. The number of carbonyl (C=O) groups is 1. The van der Waals surface area contributed by atoms with Gasteiger partial charge in [0.05, 0.1) is 19.3 Å². The highest BCUT2D eigenvalue weighted by Gasteiger charge is 2.17. The molecule has 0 aromatic heterocycles. The summed E-state index contributed by atoms with van der Waals surface area (Å²) >= 11 is 0. The Morgan fingerprint density at radius 1 is 1.29 bits per heavy atom. The number of carbonyl (C=O) groups excluding carboxylic acids is 1. The minimum atomic E-state index is -0.116. The van der Waals surface area contributed by atoms with Gasteiger partial charge in [-0.15, -0.1) is 0 Å². The molecule has 1 aromatic carbocycles. The lowest BCUT2D eigenvalue weighted by molar-refractivity contribution is 0.0857. The normalized spacial score (nSPS) is 17.5. The van der Waals surface area contributed by atoms with Gasteiger partial charge in [0.25, 0.3) is 5.91 Å². The van der Waals surface area contributed by atoms with Crippen molar-refractivity contribution in [3.63, 3.8) is 0 Å². The van der Waals surface area contributed by atoms with Crippen LogP contribution in [0.3, 0.4) is 0 Å². The Kier molecular flexibility index (Phi) is 5.87. The SMILES string of the molecule is CCOc1ccc(C(=O)NC[C@H]2CCCO2)cc1OCC. The second-order valence-corrected chi connectivity index (χ2v) is 4.87. The summed E-state index contributed by atoms with van der Waals surface area (Å²) < 4.78 is 16.5. The lowest BCUT2D eigenvalue weighted by atomic mass is 10.1. The van der Waals surface area contributed by atoms with Crippen LogP contribution in [-0.4, -0.2) is 38.4 Å². The topological polar surface area (TPSA) is 56.8 Å². The van der Waals surface area contributed by atoms with Crippen molar-refractivity contribution in [2.75, 3.05) is 26.4 Å². The molecular formula is C16H23NO4. The first-order chi connectivity index (χ1) is 10.2. The maximum Gasteiger partial charge on any atom is 0.251 e. The van der Waals surface area contributed by atoms with Crippen LogP contribution in [0.2, 0.25) is 0 Å². The molecule has 2 rings (SSSR count). The van der Waals surface area contributed by atoms with Gasteiger partial charge in [0.15, 0.2) is 11.5 Å². The van der Waals surface area contributed by atoms with Gasteiger partial charge in [0, 0.05) is 18.7 Å². The van der Waals surface area contributed by atoms with E-state index in [0.717, 1.165) is 19.4 Å². The molecule has 1 amide bonds. The highest BCUT2D eigenvalue weighted by Crippen LogP contribution is 2.28. The Morgan fingerprint density at radius 2 is 2.05 bits per heavy atom. The molecule has 116 valence electrons. The second kappa shape index (κ2) is 7.88. The molecule has 0 unspecified atom stereocenters. The molecule has 0 radical (unpaired) electrons. The van der Waals surface area contributed by atoms with Crippen molar-refractivity contribution in [2.24, 2.45) is 0 Å². The first-order valence-corrected chi connectivity index (χ1v) is 7.54. The molecule has 1 atom stereocenters. The first kappa shape index (κ1) is 15.6. The lowest BCUT2D eigenvalue weighted by Gasteiger charge is -2.13. The van der Waals surface area contributed by atoms with Crippen molar-refractivity contribution in [2.45, 2.75) is 32.8 Å². The van der Waals surface area contributed by atoms with Crippen LogP contribution < -0.4 is 14.8 Å². The van der Waals surface area contributed by atoms with Crippen LogP contribution in [0.4, 0.5) is 0 Å². The maximum atomic E-state index is 12.2. The Bertz CT molecular complexity index is 469. The molecule has 1 aliphatic rings. The fourth-order valence-corrected chi connectivity index (χ4v) is 2.31. The standard InChI is InChI=1S/C16H23NO4/c1-3-19-14-8-7-12(10-15(14)20-4-2)16(18)17-11-13-6-5-9-21-13/h7-8,10,13H,3-6,9,11H2,1-2H3,(H,17,18)/t13-/m1/s1. The van der Waals surface area contributed by atoms with Gasteiger partial charge < -0.3 is 19.5 Å². The predicted octanol–water partition coefficient (Wildman–Crippen LogP) is 2.39. The van der Waals surface area contributed by atoms with E-state index in [0.29, 0.717) is 36.8 Å². The quantitative estimate of drug-likeness (QED) is 0.838. The predicted molar refractivity (Wildman–Crippen MR) is 80.1 cm³/mol. The Balaban J connectivity index is 2.00. The molecule has 1 heterocycles. The van der Waals surface area contributed by atoms with Gasteiger partial charge in [-0.3, -0.25) is 4.79 Å². The lowest BCUT2D eigenvalue weighted by Crippen LogP contribution is -2.31. The average molecular weight is 293 g/mol. The third kappa shape index (κ3) is 4.36. The molecule has 1 fully saturated rings.